The Morgan fingerprint density at radius 1 is 1.57 bits per heavy atom. The van der Waals surface area contributed by atoms with Gasteiger partial charge < -0.3 is 5.73 Å². The summed E-state index contributed by atoms with van der Waals surface area (Å²) >= 11 is 5.24. The van der Waals surface area contributed by atoms with Gasteiger partial charge in [-0.2, -0.15) is 11.8 Å². The fourth-order valence-electron chi connectivity index (χ4n) is 0.938. The average molecular weight is 275 g/mol. The van der Waals surface area contributed by atoms with Crippen molar-refractivity contribution in [3.05, 3.63) is 28.5 Å². The second-order valence-corrected chi connectivity index (χ2v) is 5.31. The first-order valence-electron chi connectivity index (χ1n) is 4.62. The first-order valence-corrected chi connectivity index (χ1v) is 6.57. The number of rotatable bonds is 5. The highest BCUT2D eigenvalue weighted by Gasteiger charge is 1.97. The fourth-order valence-corrected chi connectivity index (χ4v) is 2.24. The van der Waals surface area contributed by atoms with Crippen molar-refractivity contribution in [2.45, 2.75) is 25.1 Å². The van der Waals surface area contributed by atoms with E-state index in [2.05, 4.69) is 20.9 Å². The third-order valence-corrected chi connectivity index (χ3v) is 3.25. The molecule has 4 heteroatoms. The predicted octanol–water partition coefficient (Wildman–Crippen LogP) is 2.81. The van der Waals surface area contributed by atoms with Crippen molar-refractivity contribution >= 4 is 27.7 Å². The van der Waals surface area contributed by atoms with E-state index in [1.54, 1.807) is 0 Å². The quantitative estimate of drug-likeness (QED) is 0.840. The summed E-state index contributed by atoms with van der Waals surface area (Å²) in [7, 11) is 0. The summed E-state index contributed by atoms with van der Waals surface area (Å²) in [6, 6.07) is 4.37. The Morgan fingerprint density at radius 3 is 2.93 bits per heavy atom. The number of nitrogens with two attached hydrogens (primary N) is 1. The van der Waals surface area contributed by atoms with Gasteiger partial charge in [0, 0.05) is 22.5 Å². The SMILES string of the molecule is CC(N)CCSCc1ccc(Br)cn1. The maximum absolute atomic E-state index is 5.66. The second-order valence-electron chi connectivity index (χ2n) is 3.29. The highest BCUT2D eigenvalue weighted by Crippen LogP contribution is 2.14. The highest BCUT2D eigenvalue weighted by atomic mass is 79.9. The van der Waals surface area contributed by atoms with Gasteiger partial charge in [-0.3, -0.25) is 4.98 Å². The van der Waals surface area contributed by atoms with Crippen LogP contribution >= 0.6 is 27.7 Å². The minimum Gasteiger partial charge on any atom is -0.328 e. The number of pyridine rings is 1. The number of thioether (sulfide) groups is 1. The Labute approximate surface area is 97.8 Å². The Balaban J connectivity index is 2.21. The standard InChI is InChI=1S/C10H15BrN2S/c1-8(12)4-5-14-7-10-3-2-9(11)6-13-10/h2-3,6,8H,4-5,7,12H2,1H3. The zero-order chi connectivity index (χ0) is 10.4. The molecule has 14 heavy (non-hydrogen) atoms. The summed E-state index contributed by atoms with van der Waals surface area (Å²) in [6.07, 6.45) is 2.91. The third-order valence-electron chi connectivity index (χ3n) is 1.76. The molecule has 1 heterocycles. The number of halogens is 1. The molecule has 78 valence electrons. The topological polar surface area (TPSA) is 38.9 Å². The van der Waals surface area contributed by atoms with Crippen LogP contribution in [0.25, 0.3) is 0 Å². The number of nitrogens with zero attached hydrogens (tertiary/aromatic N) is 1. The van der Waals surface area contributed by atoms with Crippen LogP contribution in [0.5, 0.6) is 0 Å². The van der Waals surface area contributed by atoms with Gasteiger partial charge in [-0.05, 0) is 47.2 Å². The van der Waals surface area contributed by atoms with Crippen molar-refractivity contribution < 1.29 is 0 Å². The molecule has 2 nitrogen and oxygen atoms in total. The summed E-state index contributed by atoms with van der Waals surface area (Å²) in [5, 5.41) is 0. The number of hydrogen-bond acceptors (Lipinski definition) is 3. The molecule has 1 atom stereocenters. The van der Waals surface area contributed by atoms with Gasteiger partial charge in [0.25, 0.3) is 0 Å². The Kier molecular flexibility index (Phi) is 5.52. The van der Waals surface area contributed by atoms with Crippen LogP contribution in [0.4, 0.5) is 0 Å². The van der Waals surface area contributed by atoms with Crippen molar-refractivity contribution in [1.29, 1.82) is 0 Å². The van der Waals surface area contributed by atoms with Gasteiger partial charge in [-0.25, -0.2) is 0 Å². The summed E-state index contributed by atoms with van der Waals surface area (Å²) in [4.78, 5) is 4.30. The molecule has 1 aromatic heterocycles. The minimum absolute atomic E-state index is 0.306. The van der Waals surface area contributed by atoms with Crippen LogP contribution in [0, 0.1) is 0 Å². The average Bonchev–Trinajstić information content (AvgIpc) is 2.15. The molecule has 1 aromatic rings. The van der Waals surface area contributed by atoms with E-state index < -0.39 is 0 Å². The molecular weight excluding hydrogens is 260 g/mol. The van der Waals surface area contributed by atoms with Gasteiger partial charge in [0.2, 0.25) is 0 Å². The van der Waals surface area contributed by atoms with Crippen molar-refractivity contribution in [2.24, 2.45) is 5.73 Å². The van der Waals surface area contributed by atoms with Gasteiger partial charge in [0.1, 0.15) is 0 Å². The fraction of sp³-hybridized carbons (Fsp3) is 0.500. The molecule has 0 amide bonds. The van der Waals surface area contributed by atoms with Crippen molar-refractivity contribution in [3.8, 4) is 0 Å². The van der Waals surface area contributed by atoms with E-state index >= 15 is 0 Å². The lowest BCUT2D eigenvalue weighted by Crippen LogP contribution is -2.15. The Morgan fingerprint density at radius 2 is 2.36 bits per heavy atom. The van der Waals surface area contributed by atoms with E-state index in [0.717, 1.165) is 28.1 Å². The van der Waals surface area contributed by atoms with Gasteiger partial charge in [0.05, 0.1) is 5.69 Å². The van der Waals surface area contributed by atoms with Gasteiger partial charge >= 0.3 is 0 Å². The molecule has 0 bridgehead atoms. The summed E-state index contributed by atoms with van der Waals surface area (Å²) < 4.78 is 1.03. The lowest BCUT2D eigenvalue weighted by atomic mass is 10.3. The molecule has 0 aliphatic rings. The van der Waals surface area contributed by atoms with Gasteiger partial charge in [0.15, 0.2) is 0 Å². The maximum Gasteiger partial charge on any atom is 0.0503 e. The van der Waals surface area contributed by atoms with E-state index in [1.165, 1.54) is 0 Å². The lowest BCUT2D eigenvalue weighted by molar-refractivity contribution is 0.721. The largest absolute Gasteiger partial charge is 0.328 e. The van der Waals surface area contributed by atoms with Crippen LogP contribution in [0.1, 0.15) is 19.0 Å². The zero-order valence-corrected chi connectivity index (χ0v) is 10.6. The molecule has 2 N–H and O–H groups in total. The smallest absolute Gasteiger partial charge is 0.0503 e. The normalized spacial score (nSPS) is 12.8. The molecule has 1 rings (SSSR count). The predicted molar refractivity (Wildman–Crippen MR) is 66.4 cm³/mol. The Hall–Kier alpha value is -0.0600. The van der Waals surface area contributed by atoms with Crippen LogP contribution in [-0.4, -0.2) is 16.8 Å². The minimum atomic E-state index is 0.306. The van der Waals surface area contributed by atoms with Gasteiger partial charge in [-0.1, -0.05) is 0 Å². The molecule has 1 unspecified atom stereocenters. The first-order chi connectivity index (χ1) is 6.68. The van der Waals surface area contributed by atoms with Crippen molar-refractivity contribution in [2.75, 3.05) is 5.75 Å². The van der Waals surface area contributed by atoms with E-state index in [1.807, 2.05) is 37.0 Å². The number of hydrogen-bond donors (Lipinski definition) is 1. The van der Waals surface area contributed by atoms with E-state index in [9.17, 15) is 0 Å². The summed E-state index contributed by atoms with van der Waals surface area (Å²) in [5.41, 5.74) is 6.78. The summed E-state index contributed by atoms with van der Waals surface area (Å²) in [6.45, 7) is 2.04. The van der Waals surface area contributed by atoms with E-state index in [0.29, 0.717) is 6.04 Å². The Bertz CT molecular complexity index is 261. The maximum atomic E-state index is 5.66. The summed E-state index contributed by atoms with van der Waals surface area (Å²) in [5.74, 6) is 2.08. The monoisotopic (exact) mass is 274 g/mol. The number of aromatic nitrogens is 1. The molecule has 0 aliphatic carbocycles. The molecule has 0 saturated carbocycles. The van der Waals surface area contributed by atoms with Crippen LogP contribution in [0.3, 0.4) is 0 Å². The molecular formula is C10H15BrN2S. The van der Waals surface area contributed by atoms with Crippen LogP contribution < -0.4 is 5.73 Å². The first kappa shape index (κ1) is 12.0. The van der Waals surface area contributed by atoms with Crippen molar-refractivity contribution in [3.63, 3.8) is 0 Å². The zero-order valence-electron chi connectivity index (χ0n) is 8.24. The molecule has 0 spiro atoms. The lowest BCUT2D eigenvalue weighted by Gasteiger charge is -2.04. The van der Waals surface area contributed by atoms with E-state index in [4.69, 9.17) is 5.73 Å². The molecule has 0 aliphatic heterocycles. The molecule has 0 aromatic carbocycles. The van der Waals surface area contributed by atoms with Crippen LogP contribution in [0.15, 0.2) is 22.8 Å². The van der Waals surface area contributed by atoms with Crippen LogP contribution in [-0.2, 0) is 5.75 Å². The van der Waals surface area contributed by atoms with Crippen molar-refractivity contribution in [1.82, 2.24) is 4.98 Å². The van der Waals surface area contributed by atoms with Crippen LogP contribution in [0.2, 0.25) is 0 Å². The van der Waals surface area contributed by atoms with E-state index in [-0.39, 0.29) is 0 Å². The second kappa shape index (κ2) is 6.43. The molecule has 0 fully saturated rings. The third kappa shape index (κ3) is 4.98. The molecule has 0 radical (unpaired) electrons. The van der Waals surface area contributed by atoms with Gasteiger partial charge in [-0.15, -0.1) is 0 Å². The molecule has 0 saturated heterocycles. The highest BCUT2D eigenvalue weighted by molar-refractivity contribution is 9.10.